The molecule has 196 valence electrons. The van der Waals surface area contributed by atoms with Gasteiger partial charge in [-0.15, -0.1) is 0 Å². The lowest BCUT2D eigenvalue weighted by molar-refractivity contribution is -0.138. The van der Waals surface area contributed by atoms with E-state index in [4.69, 9.17) is 9.47 Å². The molecule has 0 aliphatic carbocycles. The van der Waals surface area contributed by atoms with Gasteiger partial charge in [-0.3, -0.25) is 24.6 Å². The van der Waals surface area contributed by atoms with Gasteiger partial charge in [0.2, 0.25) is 11.8 Å². The predicted octanol–water partition coefficient (Wildman–Crippen LogP) is 2.41. The summed E-state index contributed by atoms with van der Waals surface area (Å²) >= 11 is 0. The fourth-order valence-corrected chi connectivity index (χ4v) is 5.06. The van der Waals surface area contributed by atoms with Gasteiger partial charge in [0.05, 0.1) is 25.0 Å². The molecule has 1 aromatic carbocycles. The zero-order chi connectivity index (χ0) is 25.8. The standard InChI is InChI=1S/C26H36N4O6/c1-17(2)24(32)28-11-6-19(7-12-28)36-20-8-13-29(14-9-20)25(33)18-4-5-22(35-3)21(16-18)30-15-10-23(31)27-26(30)34/h4-5,16-17,19-20H,6-15H2,1-3H3,(H,27,31,34). The molecule has 10 heteroatoms. The monoisotopic (exact) mass is 500 g/mol. The quantitative estimate of drug-likeness (QED) is 0.643. The Kier molecular flexibility index (Phi) is 8.13. The summed E-state index contributed by atoms with van der Waals surface area (Å²) in [6.07, 6.45) is 3.66. The highest BCUT2D eigenvalue weighted by Crippen LogP contribution is 2.31. The molecule has 10 nitrogen and oxygen atoms in total. The van der Waals surface area contributed by atoms with Crippen LogP contribution in [0.1, 0.15) is 56.3 Å². The number of hydrogen-bond acceptors (Lipinski definition) is 6. The van der Waals surface area contributed by atoms with Gasteiger partial charge in [0, 0.05) is 50.6 Å². The molecule has 4 rings (SSSR count). The number of amides is 5. The normalized spacial score (nSPS) is 20.1. The predicted molar refractivity (Wildman–Crippen MR) is 133 cm³/mol. The molecule has 3 fully saturated rings. The summed E-state index contributed by atoms with van der Waals surface area (Å²) < 4.78 is 11.7. The summed E-state index contributed by atoms with van der Waals surface area (Å²) in [5.41, 5.74) is 0.936. The number of piperidine rings is 2. The van der Waals surface area contributed by atoms with E-state index in [0.29, 0.717) is 30.1 Å². The second-order valence-electron chi connectivity index (χ2n) is 9.95. The number of nitrogens with one attached hydrogen (secondary N) is 1. The van der Waals surface area contributed by atoms with Gasteiger partial charge in [-0.2, -0.15) is 0 Å². The van der Waals surface area contributed by atoms with Gasteiger partial charge in [0.25, 0.3) is 5.91 Å². The lowest BCUT2D eigenvalue weighted by Crippen LogP contribution is -2.49. The average Bonchev–Trinajstić information content (AvgIpc) is 2.88. The van der Waals surface area contributed by atoms with Crippen molar-refractivity contribution in [3.63, 3.8) is 0 Å². The van der Waals surface area contributed by atoms with Gasteiger partial charge in [-0.1, -0.05) is 13.8 Å². The van der Waals surface area contributed by atoms with Crippen molar-refractivity contribution >= 4 is 29.4 Å². The highest BCUT2D eigenvalue weighted by atomic mass is 16.5. The topological polar surface area (TPSA) is 108 Å². The molecule has 3 heterocycles. The van der Waals surface area contributed by atoms with Gasteiger partial charge in [0.15, 0.2) is 0 Å². The molecule has 0 saturated carbocycles. The first-order valence-electron chi connectivity index (χ1n) is 12.8. The molecule has 5 amide bonds. The van der Waals surface area contributed by atoms with Crippen LogP contribution in [0.15, 0.2) is 18.2 Å². The second-order valence-corrected chi connectivity index (χ2v) is 9.95. The van der Waals surface area contributed by atoms with Crippen molar-refractivity contribution in [2.75, 3.05) is 44.7 Å². The van der Waals surface area contributed by atoms with Crippen molar-refractivity contribution in [2.24, 2.45) is 5.92 Å². The molecule has 1 N–H and O–H groups in total. The Morgan fingerprint density at radius 2 is 1.56 bits per heavy atom. The smallest absolute Gasteiger partial charge is 0.328 e. The van der Waals surface area contributed by atoms with Gasteiger partial charge in [-0.25, -0.2) is 4.79 Å². The van der Waals surface area contributed by atoms with Gasteiger partial charge < -0.3 is 19.3 Å². The van der Waals surface area contributed by atoms with E-state index in [9.17, 15) is 19.2 Å². The number of carbonyl (C=O) groups excluding carboxylic acids is 4. The van der Waals surface area contributed by atoms with E-state index in [1.54, 1.807) is 18.2 Å². The number of rotatable bonds is 6. The molecule has 0 atom stereocenters. The lowest BCUT2D eigenvalue weighted by atomic mass is 10.0. The molecule has 36 heavy (non-hydrogen) atoms. The first-order chi connectivity index (χ1) is 17.3. The summed E-state index contributed by atoms with van der Waals surface area (Å²) in [4.78, 5) is 54.5. The van der Waals surface area contributed by atoms with Crippen LogP contribution in [0.3, 0.4) is 0 Å². The molecule has 0 bridgehead atoms. The summed E-state index contributed by atoms with van der Waals surface area (Å²) in [5.74, 6) is 0.265. The van der Waals surface area contributed by atoms with Crippen LogP contribution in [0.4, 0.5) is 10.5 Å². The molecule has 0 aromatic heterocycles. The highest BCUT2D eigenvalue weighted by Gasteiger charge is 2.31. The molecular formula is C26H36N4O6. The number of carbonyl (C=O) groups is 4. The summed E-state index contributed by atoms with van der Waals surface area (Å²) in [5, 5.41) is 2.31. The zero-order valence-electron chi connectivity index (χ0n) is 21.3. The number of imide groups is 1. The average molecular weight is 501 g/mol. The Hall–Kier alpha value is -3.14. The number of urea groups is 1. The number of benzene rings is 1. The van der Waals surface area contributed by atoms with Gasteiger partial charge in [0.1, 0.15) is 5.75 Å². The first kappa shape index (κ1) is 25.9. The van der Waals surface area contributed by atoms with Crippen LogP contribution < -0.4 is 15.0 Å². The van der Waals surface area contributed by atoms with E-state index < -0.39 is 6.03 Å². The van der Waals surface area contributed by atoms with Crippen molar-refractivity contribution in [1.29, 1.82) is 0 Å². The van der Waals surface area contributed by atoms with Crippen molar-refractivity contribution in [3.8, 4) is 5.75 Å². The largest absolute Gasteiger partial charge is 0.495 e. The van der Waals surface area contributed by atoms with E-state index in [1.807, 2.05) is 23.6 Å². The van der Waals surface area contributed by atoms with Crippen LogP contribution >= 0.6 is 0 Å². The third-order valence-corrected chi connectivity index (χ3v) is 7.13. The van der Waals surface area contributed by atoms with Gasteiger partial charge >= 0.3 is 6.03 Å². The number of nitrogens with zero attached hydrogens (tertiary/aromatic N) is 3. The van der Waals surface area contributed by atoms with Crippen LogP contribution in [0.25, 0.3) is 0 Å². The van der Waals surface area contributed by atoms with E-state index in [-0.39, 0.29) is 48.8 Å². The Morgan fingerprint density at radius 1 is 0.944 bits per heavy atom. The highest BCUT2D eigenvalue weighted by molar-refractivity contribution is 6.07. The van der Waals surface area contributed by atoms with Crippen LogP contribution in [0.2, 0.25) is 0 Å². The first-order valence-corrected chi connectivity index (χ1v) is 12.8. The Morgan fingerprint density at radius 3 is 2.11 bits per heavy atom. The molecule has 3 aliphatic heterocycles. The fourth-order valence-electron chi connectivity index (χ4n) is 5.06. The van der Waals surface area contributed by atoms with E-state index in [1.165, 1.54) is 12.0 Å². The number of hydrogen-bond donors (Lipinski definition) is 1. The SMILES string of the molecule is COc1ccc(C(=O)N2CCC(OC3CCN(C(=O)C(C)C)CC3)CC2)cc1N1CCC(=O)NC1=O. The molecule has 0 unspecified atom stereocenters. The maximum absolute atomic E-state index is 13.3. The van der Waals surface area contributed by atoms with Crippen LogP contribution in [0.5, 0.6) is 5.75 Å². The van der Waals surface area contributed by atoms with Crippen molar-refractivity contribution < 1.29 is 28.7 Å². The zero-order valence-corrected chi connectivity index (χ0v) is 21.3. The summed E-state index contributed by atoms with van der Waals surface area (Å²) in [7, 11) is 1.50. The maximum Gasteiger partial charge on any atom is 0.328 e. The second kappa shape index (κ2) is 11.3. The Balaban J connectivity index is 1.31. The van der Waals surface area contributed by atoms with Crippen LogP contribution in [0, 0.1) is 5.92 Å². The molecule has 3 saturated heterocycles. The third kappa shape index (κ3) is 5.80. The fraction of sp³-hybridized carbons (Fsp3) is 0.615. The Bertz CT molecular complexity index is 996. The maximum atomic E-state index is 13.3. The summed E-state index contributed by atoms with van der Waals surface area (Å²) in [6.45, 7) is 6.75. The van der Waals surface area contributed by atoms with E-state index in [2.05, 4.69) is 5.32 Å². The van der Waals surface area contributed by atoms with Crippen LogP contribution in [-0.4, -0.2) is 85.6 Å². The number of methoxy groups -OCH3 is 1. The van der Waals surface area contributed by atoms with Crippen molar-refractivity contribution in [1.82, 2.24) is 15.1 Å². The molecule has 1 aromatic rings. The van der Waals surface area contributed by atoms with Crippen molar-refractivity contribution in [2.45, 2.75) is 58.2 Å². The molecule has 3 aliphatic rings. The van der Waals surface area contributed by atoms with E-state index >= 15 is 0 Å². The van der Waals surface area contributed by atoms with E-state index in [0.717, 1.165) is 38.8 Å². The summed E-state index contributed by atoms with van der Waals surface area (Å²) in [6, 6.07) is 4.52. The molecule has 0 spiro atoms. The number of likely N-dealkylation sites (tertiary alicyclic amines) is 2. The minimum Gasteiger partial charge on any atom is -0.495 e. The molecule has 0 radical (unpaired) electrons. The number of ether oxygens (including phenoxy) is 2. The van der Waals surface area contributed by atoms with Crippen LogP contribution in [-0.2, 0) is 14.3 Å². The third-order valence-electron chi connectivity index (χ3n) is 7.13. The Labute approximate surface area is 211 Å². The minimum absolute atomic E-state index is 0.0207. The molecular weight excluding hydrogens is 464 g/mol. The van der Waals surface area contributed by atoms with Crippen molar-refractivity contribution in [3.05, 3.63) is 23.8 Å². The minimum atomic E-state index is -0.522. The lowest BCUT2D eigenvalue weighted by Gasteiger charge is -2.37. The van der Waals surface area contributed by atoms with Gasteiger partial charge in [-0.05, 0) is 43.9 Å². The number of anilines is 1.